The number of hydrogen-bond donors (Lipinski definition) is 2. The van der Waals surface area contributed by atoms with Gasteiger partial charge in [0.2, 0.25) is 11.8 Å². The minimum absolute atomic E-state index is 0.117. The Kier molecular flexibility index (Phi) is 3.91. The van der Waals surface area contributed by atoms with Crippen LogP contribution in [0.2, 0.25) is 0 Å². The predicted molar refractivity (Wildman–Crippen MR) is 66.7 cm³/mol. The van der Waals surface area contributed by atoms with Crippen molar-refractivity contribution in [1.29, 1.82) is 0 Å². The van der Waals surface area contributed by atoms with Gasteiger partial charge in [-0.2, -0.15) is 0 Å². The summed E-state index contributed by atoms with van der Waals surface area (Å²) in [5.74, 6) is -1.99. The van der Waals surface area contributed by atoms with E-state index in [1.807, 2.05) is 0 Å². The number of urea groups is 1. The molecule has 2 atom stereocenters. The van der Waals surface area contributed by atoms with Gasteiger partial charge >= 0.3 is 12.0 Å². The molecular weight excluding hydrogens is 266 g/mol. The van der Waals surface area contributed by atoms with Crippen molar-refractivity contribution in [3.8, 4) is 0 Å². The van der Waals surface area contributed by atoms with Crippen molar-refractivity contribution in [3.63, 3.8) is 0 Å². The molecule has 2 heterocycles. The first-order valence-corrected chi connectivity index (χ1v) is 6.53. The van der Waals surface area contributed by atoms with E-state index in [0.29, 0.717) is 13.0 Å². The van der Waals surface area contributed by atoms with E-state index in [4.69, 9.17) is 5.11 Å². The number of nitrogens with zero attached hydrogens (tertiary/aromatic N) is 2. The van der Waals surface area contributed by atoms with Crippen LogP contribution in [-0.4, -0.2) is 63.9 Å². The number of carboxylic acid groups (broad SMARTS) is 1. The summed E-state index contributed by atoms with van der Waals surface area (Å²) in [6.45, 7) is 1.82. The van der Waals surface area contributed by atoms with Crippen LogP contribution < -0.4 is 5.32 Å². The first-order chi connectivity index (χ1) is 9.40. The van der Waals surface area contributed by atoms with Gasteiger partial charge in [0.15, 0.2) is 0 Å². The standard InChI is InChI=1S/C12H17N3O5/c1-7-11(19)13-9(16)6-15(7)12(20)14-4-2-3-8(14)5-10(17)18/h7-8H,2-6H2,1H3,(H,17,18)(H,13,16,19). The molecule has 2 rings (SSSR count). The fraction of sp³-hybridized carbons (Fsp3) is 0.667. The highest BCUT2D eigenvalue weighted by Crippen LogP contribution is 2.23. The molecule has 0 spiro atoms. The van der Waals surface area contributed by atoms with Crippen LogP contribution in [-0.2, 0) is 14.4 Å². The topological polar surface area (TPSA) is 107 Å². The van der Waals surface area contributed by atoms with Crippen LogP contribution in [0.5, 0.6) is 0 Å². The molecule has 0 bridgehead atoms. The molecule has 0 aliphatic carbocycles. The molecule has 2 saturated heterocycles. The summed E-state index contributed by atoms with van der Waals surface area (Å²) in [6.07, 6.45) is 1.24. The second kappa shape index (κ2) is 5.48. The third-order valence-corrected chi connectivity index (χ3v) is 3.70. The lowest BCUT2D eigenvalue weighted by atomic mass is 10.1. The average Bonchev–Trinajstić information content (AvgIpc) is 2.80. The lowest BCUT2D eigenvalue weighted by Crippen LogP contribution is -2.61. The molecular formula is C12H17N3O5. The maximum absolute atomic E-state index is 12.4. The fourth-order valence-electron chi connectivity index (χ4n) is 2.61. The van der Waals surface area contributed by atoms with Crippen molar-refractivity contribution in [2.24, 2.45) is 0 Å². The summed E-state index contributed by atoms with van der Waals surface area (Å²) in [7, 11) is 0. The molecule has 2 unspecified atom stereocenters. The quantitative estimate of drug-likeness (QED) is 0.658. The number of carbonyl (C=O) groups excluding carboxylic acids is 3. The third kappa shape index (κ3) is 2.73. The van der Waals surface area contributed by atoms with Gasteiger partial charge in [0.05, 0.1) is 6.42 Å². The van der Waals surface area contributed by atoms with Crippen LogP contribution in [0, 0.1) is 0 Å². The van der Waals surface area contributed by atoms with Crippen molar-refractivity contribution in [3.05, 3.63) is 0 Å². The summed E-state index contributed by atoms with van der Waals surface area (Å²) in [6, 6.07) is -1.54. The molecule has 2 aliphatic rings. The Balaban J connectivity index is 2.11. The zero-order chi connectivity index (χ0) is 14.9. The number of amides is 4. The SMILES string of the molecule is CC1C(=O)NC(=O)CN1C(=O)N1CCCC1CC(=O)O. The normalized spacial score (nSPS) is 26.6. The number of carboxylic acids is 1. The summed E-state index contributed by atoms with van der Waals surface area (Å²) < 4.78 is 0. The molecule has 0 radical (unpaired) electrons. The number of likely N-dealkylation sites (tertiary alicyclic amines) is 1. The Morgan fingerprint density at radius 1 is 1.35 bits per heavy atom. The highest BCUT2D eigenvalue weighted by atomic mass is 16.4. The van der Waals surface area contributed by atoms with Crippen LogP contribution in [0.3, 0.4) is 0 Å². The van der Waals surface area contributed by atoms with Crippen molar-refractivity contribution in [2.75, 3.05) is 13.1 Å². The number of rotatable bonds is 2. The van der Waals surface area contributed by atoms with Gasteiger partial charge in [-0.3, -0.25) is 19.7 Å². The maximum atomic E-state index is 12.4. The van der Waals surface area contributed by atoms with Gasteiger partial charge in [0.25, 0.3) is 0 Å². The monoisotopic (exact) mass is 283 g/mol. The zero-order valence-corrected chi connectivity index (χ0v) is 11.2. The minimum atomic E-state index is -0.963. The van der Waals surface area contributed by atoms with Crippen molar-refractivity contribution in [1.82, 2.24) is 15.1 Å². The molecule has 8 heteroatoms. The molecule has 2 aliphatic heterocycles. The van der Waals surface area contributed by atoms with Crippen LogP contribution >= 0.6 is 0 Å². The van der Waals surface area contributed by atoms with Gasteiger partial charge in [-0.15, -0.1) is 0 Å². The number of piperazine rings is 1. The van der Waals surface area contributed by atoms with Gasteiger partial charge in [0, 0.05) is 12.6 Å². The summed E-state index contributed by atoms with van der Waals surface area (Å²) >= 11 is 0. The lowest BCUT2D eigenvalue weighted by Gasteiger charge is -2.36. The Morgan fingerprint density at radius 2 is 2.05 bits per heavy atom. The van der Waals surface area contributed by atoms with Crippen molar-refractivity contribution < 1.29 is 24.3 Å². The largest absolute Gasteiger partial charge is 0.481 e. The van der Waals surface area contributed by atoms with Crippen LogP contribution in [0.25, 0.3) is 0 Å². The number of imide groups is 1. The van der Waals surface area contributed by atoms with E-state index in [1.54, 1.807) is 6.92 Å². The molecule has 4 amide bonds. The van der Waals surface area contributed by atoms with E-state index in [0.717, 1.165) is 6.42 Å². The highest BCUT2D eigenvalue weighted by molar-refractivity contribution is 6.03. The number of carbonyl (C=O) groups is 4. The van der Waals surface area contributed by atoms with E-state index >= 15 is 0 Å². The van der Waals surface area contributed by atoms with Gasteiger partial charge in [-0.25, -0.2) is 4.79 Å². The molecule has 20 heavy (non-hydrogen) atoms. The van der Waals surface area contributed by atoms with Crippen LogP contribution in [0.15, 0.2) is 0 Å². The highest BCUT2D eigenvalue weighted by Gasteiger charge is 2.39. The summed E-state index contributed by atoms with van der Waals surface area (Å²) in [4.78, 5) is 48.8. The smallest absolute Gasteiger partial charge is 0.321 e. The van der Waals surface area contributed by atoms with E-state index in [2.05, 4.69) is 5.32 Å². The molecule has 2 fully saturated rings. The second-order valence-corrected chi connectivity index (χ2v) is 5.09. The molecule has 0 aromatic heterocycles. The Bertz CT molecular complexity index is 464. The minimum Gasteiger partial charge on any atom is -0.481 e. The number of hydrogen-bond acceptors (Lipinski definition) is 4. The lowest BCUT2D eigenvalue weighted by molar-refractivity contribution is -0.140. The van der Waals surface area contributed by atoms with Crippen molar-refractivity contribution in [2.45, 2.75) is 38.3 Å². The third-order valence-electron chi connectivity index (χ3n) is 3.70. The number of aliphatic carboxylic acids is 1. The Labute approximate surface area is 115 Å². The van der Waals surface area contributed by atoms with Gasteiger partial charge < -0.3 is 14.9 Å². The van der Waals surface area contributed by atoms with E-state index < -0.39 is 29.9 Å². The first kappa shape index (κ1) is 14.3. The van der Waals surface area contributed by atoms with Crippen LogP contribution in [0.4, 0.5) is 4.79 Å². The molecule has 0 saturated carbocycles. The predicted octanol–water partition coefficient (Wildman–Crippen LogP) is -0.608. The summed E-state index contributed by atoms with van der Waals surface area (Å²) in [5.41, 5.74) is 0. The maximum Gasteiger partial charge on any atom is 0.321 e. The van der Waals surface area contributed by atoms with E-state index in [-0.39, 0.29) is 19.0 Å². The fourth-order valence-corrected chi connectivity index (χ4v) is 2.61. The van der Waals surface area contributed by atoms with Gasteiger partial charge in [-0.05, 0) is 19.8 Å². The molecule has 0 aromatic carbocycles. The zero-order valence-electron chi connectivity index (χ0n) is 11.2. The van der Waals surface area contributed by atoms with Gasteiger partial charge in [0.1, 0.15) is 12.6 Å². The van der Waals surface area contributed by atoms with Gasteiger partial charge in [-0.1, -0.05) is 0 Å². The van der Waals surface area contributed by atoms with E-state index in [1.165, 1.54) is 9.80 Å². The Morgan fingerprint density at radius 3 is 2.70 bits per heavy atom. The molecule has 2 N–H and O–H groups in total. The van der Waals surface area contributed by atoms with E-state index in [9.17, 15) is 19.2 Å². The molecule has 8 nitrogen and oxygen atoms in total. The number of nitrogens with one attached hydrogen (secondary N) is 1. The first-order valence-electron chi connectivity index (χ1n) is 6.53. The van der Waals surface area contributed by atoms with Crippen LogP contribution in [0.1, 0.15) is 26.2 Å². The average molecular weight is 283 g/mol. The van der Waals surface area contributed by atoms with Crippen molar-refractivity contribution >= 4 is 23.8 Å². The summed E-state index contributed by atoms with van der Waals surface area (Å²) in [5, 5.41) is 11.0. The Hall–Kier alpha value is -2.12. The molecule has 110 valence electrons. The second-order valence-electron chi connectivity index (χ2n) is 5.09. The molecule has 0 aromatic rings.